The van der Waals surface area contributed by atoms with Crippen LogP contribution in [-0.4, -0.2) is 22.9 Å². The SMILES string of the molecule is CC(C)C(CCl)NC(=O)c1ccc(Cl)cc1O. The van der Waals surface area contributed by atoms with Gasteiger partial charge in [0.15, 0.2) is 0 Å². The molecule has 17 heavy (non-hydrogen) atoms. The van der Waals surface area contributed by atoms with Gasteiger partial charge in [-0.1, -0.05) is 25.4 Å². The predicted molar refractivity (Wildman–Crippen MR) is 69.9 cm³/mol. The Balaban J connectivity index is 2.82. The van der Waals surface area contributed by atoms with Gasteiger partial charge in [-0.25, -0.2) is 0 Å². The molecule has 0 heterocycles. The van der Waals surface area contributed by atoms with E-state index >= 15 is 0 Å². The van der Waals surface area contributed by atoms with Crippen LogP contribution in [0.15, 0.2) is 18.2 Å². The van der Waals surface area contributed by atoms with Gasteiger partial charge in [-0.3, -0.25) is 4.79 Å². The summed E-state index contributed by atoms with van der Waals surface area (Å²) >= 11 is 11.5. The smallest absolute Gasteiger partial charge is 0.255 e. The molecule has 0 aliphatic carbocycles. The number of alkyl halides is 1. The molecule has 0 saturated heterocycles. The lowest BCUT2D eigenvalue weighted by atomic mass is 10.1. The lowest BCUT2D eigenvalue weighted by Gasteiger charge is -2.19. The van der Waals surface area contributed by atoms with Crippen LogP contribution < -0.4 is 5.32 Å². The number of nitrogens with one attached hydrogen (secondary N) is 1. The second-order valence-corrected chi connectivity index (χ2v) is 4.88. The molecule has 1 rings (SSSR count). The van der Waals surface area contributed by atoms with Crippen molar-refractivity contribution in [1.82, 2.24) is 5.32 Å². The first-order chi connectivity index (χ1) is 7.95. The van der Waals surface area contributed by atoms with Crippen LogP contribution in [-0.2, 0) is 0 Å². The zero-order valence-corrected chi connectivity index (χ0v) is 11.2. The molecule has 0 aliphatic heterocycles. The number of phenols is 1. The van der Waals surface area contributed by atoms with Crippen LogP contribution in [0.3, 0.4) is 0 Å². The van der Waals surface area contributed by atoms with E-state index in [0.717, 1.165) is 0 Å². The Bertz CT molecular complexity index is 407. The standard InChI is InChI=1S/C12H15Cl2NO2/c1-7(2)10(6-13)15-12(17)9-4-3-8(14)5-11(9)16/h3-5,7,10,16H,6H2,1-2H3,(H,15,17). The Morgan fingerprint density at radius 3 is 2.59 bits per heavy atom. The number of amides is 1. The van der Waals surface area contributed by atoms with Crippen molar-refractivity contribution in [1.29, 1.82) is 0 Å². The molecule has 0 aliphatic rings. The topological polar surface area (TPSA) is 49.3 Å². The Hall–Kier alpha value is -0.930. The fourth-order valence-electron chi connectivity index (χ4n) is 1.33. The molecular weight excluding hydrogens is 261 g/mol. The van der Waals surface area contributed by atoms with Gasteiger partial charge in [0.2, 0.25) is 0 Å². The van der Waals surface area contributed by atoms with Gasteiger partial charge in [-0.15, -0.1) is 11.6 Å². The molecule has 0 saturated carbocycles. The molecule has 1 unspecified atom stereocenters. The van der Waals surface area contributed by atoms with E-state index in [0.29, 0.717) is 10.9 Å². The predicted octanol–water partition coefficient (Wildman–Crippen LogP) is 3.04. The van der Waals surface area contributed by atoms with Crippen molar-refractivity contribution in [2.24, 2.45) is 5.92 Å². The Kier molecular flexibility index (Phi) is 5.09. The maximum atomic E-state index is 11.9. The molecule has 0 aromatic heterocycles. The highest BCUT2D eigenvalue weighted by atomic mass is 35.5. The van der Waals surface area contributed by atoms with E-state index in [2.05, 4.69) is 5.32 Å². The van der Waals surface area contributed by atoms with Crippen molar-refractivity contribution >= 4 is 29.1 Å². The Morgan fingerprint density at radius 2 is 2.12 bits per heavy atom. The highest BCUT2D eigenvalue weighted by Crippen LogP contribution is 2.22. The van der Waals surface area contributed by atoms with E-state index in [4.69, 9.17) is 23.2 Å². The van der Waals surface area contributed by atoms with Crippen molar-refractivity contribution in [2.45, 2.75) is 19.9 Å². The first-order valence-corrected chi connectivity index (χ1v) is 6.22. The van der Waals surface area contributed by atoms with Crippen LogP contribution in [0.4, 0.5) is 0 Å². The minimum absolute atomic E-state index is 0.126. The fourth-order valence-corrected chi connectivity index (χ4v) is 1.93. The molecule has 0 radical (unpaired) electrons. The van der Waals surface area contributed by atoms with E-state index in [1.807, 2.05) is 13.8 Å². The van der Waals surface area contributed by atoms with Gasteiger partial charge < -0.3 is 10.4 Å². The number of hydrogen-bond acceptors (Lipinski definition) is 2. The summed E-state index contributed by atoms with van der Waals surface area (Å²) in [5, 5.41) is 12.8. The molecule has 1 aromatic carbocycles. The minimum Gasteiger partial charge on any atom is -0.507 e. The molecule has 94 valence electrons. The Morgan fingerprint density at radius 1 is 1.47 bits per heavy atom. The number of carbonyl (C=O) groups is 1. The molecule has 0 spiro atoms. The molecule has 1 atom stereocenters. The van der Waals surface area contributed by atoms with E-state index < -0.39 is 0 Å². The molecular formula is C12H15Cl2NO2. The highest BCUT2D eigenvalue weighted by Gasteiger charge is 2.18. The van der Waals surface area contributed by atoms with Gasteiger partial charge in [-0.2, -0.15) is 0 Å². The number of aromatic hydroxyl groups is 1. The minimum atomic E-state index is -0.349. The lowest BCUT2D eigenvalue weighted by Crippen LogP contribution is -2.39. The van der Waals surface area contributed by atoms with Crippen LogP contribution in [0.5, 0.6) is 5.75 Å². The average molecular weight is 276 g/mol. The number of phenolic OH excluding ortho intramolecular Hbond substituents is 1. The van der Waals surface area contributed by atoms with Crippen molar-refractivity contribution in [2.75, 3.05) is 5.88 Å². The Labute approximate surface area is 111 Å². The monoisotopic (exact) mass is 275 g/mol. The summed E-state index contributed by atoms with van der Waals surface area (Å²) in [5.41, 5.74) is 0.199. The van der Waals surface area contributed by atoms with Crippen molar-refractivity contribution in [3.05, 3.63) is 28.8 Å². The number of hydrogen-bond donors (Lipinski definition) is 2. The lowest BCUT2D eigenvalue weighted by molar-refractivity contribution is 0.0928. The number of carbonyl (C=O) groups excluding carboxylic acids is 1. The van der Waals surface area contributed by atoms with Crippen molar-refractivity contribution in [3.8, 4) is 5.75 Å². The third-order valence-corrected chi connectivity index (χ3v) is 3.06. The van der Waals surface area contributed by atoms with E-state index in [1.165, 1.54) is 12.1 Å². The summed E-state index contributed by atoms with van der Waals surface area (Å²) in [6.45, 7) is 3.93. The maximum absolute atomic E-state index is 11.9. The molecule has 1 aromatic rings. The first kappa shape index (κ1) is 14.1. The van der Waals surface area contributed by atoms with Gasteiger partial charge in [0.1, 0.15) is 5.75 Å². The fraction of sp³-hybridized carbons (Fsp3) is 0.417. The van der Waals surface area contributed by atoms with Crippen LogP contribution >= 0.6 is 23.2 Å². The maximum Gasteiger partial charge on any atom is 0.255 e. The molecule has 0 fully saturated rings. The number of rotatable bonds is 4. The quantitative estimate of drug-likeness (QED) is 0.830. The molecule has 5 heteroatoms. The largest absolute Gasteiger partial charge is 0.507 e. The summed E-state index contributed by atoms with van der Waals surface area (Å²) in [6.07, 6.45) is 0. The molecule has 1 amide bonds. The van der Waals surface area contributed by atoms with Gasteiger partial charge in [0.25, 0.3) is 5.91 Å². The molecule has 0 bridgehead atoms. The van der Waals surface area contributed by atoms with E-state index in [1.54, 1.807) is 6.07 Å². The summed E-state index contributed by atoms with van der Waals surface area (Å²) < 4.78 is 0. The van der Waals surface area contributed by atoms with Gasteiger partial charge in [0.05, 0.1) is 5.56 Å². The summed E-state index contributed by atoms with van der Waals surface area (Å²) in [5.74, 6) is 0.0779. The van der Waals surface area contributed by atoms with Gasteiger partial charge in [-0.05, 0) is 24.1 Å². The number of benzene rings is 1. The summed E-state index contributed by atoms with van der Waals surface area (Å²) in [4.78, 5) is 11.9. The summed E-state index contributed by atoms with van der Waals surface area (Å²) in [7, 11) is 0. The second kappa shape index (κ2) is 6.12. The number of halogens is 2. The average Bonchev–Trinajstić information content (AvgIpc) is 2.24. The van der Waals surface area contributed by atoms with Crippen LogP contribution in [0.25, 0.3) is 0 Å². The van der Waals surface area contributed by atoms with E-state index in [9.17, 15) is 9.90 Å². The van der Waals surface area contributed by atoms with Crippen molar-refractivity contribution < 1.29 is 9.90 Å². The molecule has 2 N–H and O–H groups in total. The third-order valence-electron chi connectivity index (χ3n) is 2.49. The third kappa shape index (κ3) is 3.79. The van der Waals surface area contributed by atoms with E-state index in [-0.39, 0.29) is 29.2 Å². The van der Waals surface area contributed by atoms with Gasteiger partial charge >= 0.3 is 0 Å². The van der Waals surface area contributed by atoms with Gasteiger partial charge in [0, 0.05) is 16.9 Å². The molecule has 3 nitrogen and oxygen atoms in total. The second-order valence-electron chi connectivity index (χ2n) is 4.14. The normalized spacial score (nSPS) is 12.5. The van der Waals surface area contributed by atoms with Crippen LogP contribution in [0.1, 0.15) is 24.2 Å². The summed E-state index contributed by atoms with van der Waals surface area (Å²) in [6, 6.07) is 4.25. The first-order valence-electron chi connectivity index (χ1n) is 5.31. The van der Waals surface area contributed by atoms with Crippen molar-refractivity contribution in [3.63, 3.8) is 0 Å². The van der Waals surface area contributed by atoms with Crippen LogP contribution in [0.2, 0.25) is 5.02 Å². The van der Waals surface area contributed by atoms with Crippen LogP contribution in [0, 0.1) is 5.92 Å². The zero-order valence-electron chi connectivity index (χ0n) is 9.71. The zero-order chi connectivity index (χ0) is 13.0. The highest BCUT2D eigenvalue weighted by molar-refractivity contribution is 6.30.